The van der Waals surface area contributed by atoms with Gasteiger partial charge in [0.25, 0.3) is 0 Å². The van der Waals surface area contributed by atoms with Crippen LogP contribution in [0.15, 0.2) is 24.3 Å². The Labute approximate surface area is 92.1 Å². The highest BCUT2D eigenvalue weighted by molar-refractivity contribution is 5.30. The Kier molecular flexibility index (Phi) is 3.39. The average molecular weight is 204 g/mol. The zero-order chi connectivity index (χ0) is 10.7. The zero-order valence-corrected chi connectivity index (χ0v) is 9.45. The van der Waals surface area contributed by atoms with Gasteiger partial charge < -0.3 is 5.73 Å². The van der Waals surface area contributed by atoms with Crippen molar-refractivity contribution in [3.8, 4) is 0 Å². The molecule has 0 bridgehead atoms. The van der Waals surface area contributed by atoms with Crippen LogP contribution < -0.4 is 5.73 Å². The lowest BCUT2D eigenvalue weighted by molar-refractivity contribution is 0.270. The maximum Gasteiger partial charge on any atom is 0.0240 e. The second-order valence-corrected chi connectivity index (χ2v) is 4.44. The molecule has 1 atom stereocenters. The van der Waals surface area contributed by atoms with E-state index in [1.165, 1.54) is 11.1 Å². The molecule has 0 saturated carbocycles. The first kappa shape index (κ1) is 10.7. The van der Waals surface area contributed by atoms with Crippen LogP contribution in [0.2, 0.25) is 0 Å². The third kappa shape index (κ3) is 2.58. The van der Waals surface area contributed by atoms with E-state index in [0.717, 1.165) is 32.5 Å². The molecule has 15 heavy (non-hydrogen) atoms. The Morgan fingerprint density at radius 2 is 1.87 bits per heavy atom. The second-order valence-electron chi connectivity index (χ2n) is 4.44. The van der Waals surface area contributed by atoms with Crippen LogP contribution in [-0.2, 0) is 13.1 Å². The van der Waals surface area contributed by atoms with E-state index >= 15 is 0 Å². The van der Waals surface area contributed by atoms with Crippen LogP contribution in [0.1, 0.15) is 30.9 Å². The molecular formula is C13H20N2. The summed E-state index contributed by atoms with van der Waals surface area (Å²) in [4.78, 5) is 2.49. The standard InChI is InChI=1S/C13H20N2/c1-2-13(14)7-8-15-9-11-5-3-4-6-12(11)10-15/h3-6,13H,2,7-10,14H2,1H3. The molecule has 1 aliphatic rings. The lowest BCUT2D eigenvalue weighted by atomic mass is 10.1. The van der Waals surface area contributed by atoms with Crippen LogP contribution in [0.4, 0.5) is 0 Å². The predicted molar refractivity (Wildman–Crippen MR) is 63.4 cm³/mol. The predicted octanol–water partition coefficient (Wildman–Crippen LogP) is 2.13. The van der Waals surface area contributed by atoms with Crippen molar-refractivity contribution in [1.82, 2.24) is 4.90 Å². The molecule has 2 nitrogen and oxygen atoms in total. The van der Waals surface area contributed by atoms with Crippen molar-refractivity contribution in [1.29, 1.82) is 0 Å². The summed E-state index contributed by atoms with van der Waals surface area (Å²) in [6.45, 7) is 5.49. The number of hydrogen-bond donors (Lipinski definition) is 1. The number of benzene rings is 1. The molecule has 1 aromatic carbocycles. The monoisotopic (exact) mass is 204 g/mol. The van der Waals surface area contributed by atoms with Gasteiger partial charge in [-0.15, -0.1) is 0 Å². The molecule has 0 saturated heterocycles. The highest BCUT2D eigenvalue weighted by Crippen LogP contribution is 2.22. The summed E-state index contributed by atoms with van der Waals surface area (Å²) in [5.41, 5.74) is 8.91. The van der Waals surface area contributed by atoms with Crippen molar-refractivity contribution in [3.63, 3.8) is 0 Å². The van der Waals surface area contributed by atoms with Crippen LogP contribution in [0.25, 0.3) is 0 Å². The first-order chi connectivity index (χ1) is 7.29. The number of nitrogens with two attached hydrogens (primary N) is 1. The van der Waals surface area contributed by atoms with E-state index in [-0.39, 0.29) is 0 Å². The topological polar surface area (TPSA) is 29.3 Å². The molecule has 0 fully saturated rings. The fourth-order valence-corrected chi connectivity index (χ4v) is 2.11. The van der Waals surface area contributed by atoms with Crippen LogP contribution >= 0.6 is 0 Å². The zero-order valence-electron chi connectivity index (χ0n) is 9.45. The third-order valence-corrected chi connectivity index (χ3v) is 3.25. The summed E-state index contributed by atoms with van der Waals surface area (Å²) < 4.78 is 0. The summed E-state index contributed by atoms with van der Waals surface area (Å²) >= 11 is 0. The summed E-state index contributed by atoms with van der Waals surface area (Å²) in [5, 5.41) is 0. The van der Waals surface area contributed by atoms with Crippen LogP contribution in [0.5, 0.6) is 0 Å². The molecular weight excluding hydrogens is 184 g/mol. The smallest absolute Gasteiger partial charge is 0.0240 e. The van der Waals surface area contributed by atoms with E-state index in [0.29, 0.717) is 6.04 Å². The second kappa shape index (κ2) is 4.77. The van der Waals surface area contributed by atoms with Crippen molar-refractivity contribution >= 4 is 0 Å². The Balaban J connectivity index is 1.85. The molecule has 0 aliphatic carbocycles. The van der Waals surface area contributed by atoms with Crippen molar-refractivity contribution in [2.45, 2.75) is 38.9 Å². The largest absolute Gasteiger partial charge is 0.328 e. The van der Waals surface area contributed by atoms with Gasteiger partial charge >= 0.3 is 0 Å². The fraction of sp³-hybridized carbons (Fsp3) is 0.538. The molecule has 1 aliphatic heterocycles. The molecule has 2 N–H and O–H groups in total. The quantitative estimate of drug-likeness (QED) is 0.814. The van der Waals surface area contributed by atoms with E-state index in [1.807, 2.05) is 0 Å². The molecule has 1 aromatic rings. The van der Waals surface area contributed by atoms with E-state index in [2.05, 4.69) is 36.1 Å². The maximum absolute atomic E-state index is 5.93. The third-order valence-electron chi connectivity index (χ3n) is 3.25. The summed E-state index contributed by atoms with van der Waals surface area (Å²) in [6, 6.07) is 9.08. The van der Waals surface area contributed by atoms with Gasteiger partial charge in [0.1, 0.15) is 0 Å². The Morgan fingerprint density at radius 3 is 2.40 bits per heavy atom. The first-order valence-corrected chi connectivity index (χ1v) is 5.84. The SMILES string of the molecule is CCC(N)CCN1Cc2ccccc2C1. The van der Waals surface area contributed by atoms with Crippen LogP contribution in [-0.4, -0.2) is 17.5 Å². The van der Waals surface area contributed by atoms with Gasteiger partial charge in [0.15, 0.2) is 0 Å². The molecule has 2 rings (SSSR count). The average Bonchev–Trinajstić information content (AvgIpc) is 2.68. The van der Waals surface area contributed by atoms with Gasteiger partial charge in [-0.05, 0) is 24.0 Å². The Hall–Kier alpha value is -0.860. The minimum atomic E-state index is 0.369. The molecule has 0 amide bonds. The molecule has 0 spiro atoms. The Bertz CT molecular complexity index is 297. The van der Waals surface area contributed by atoms with Gasteiger partial charge in [0.05, 0.1) is 0 Å². The number of hydrogen-bond acceptors (Lipinski definition) is 2. The van der Waals surface area contributed by atoms with E-state index < -0.39 is 0 Å². The van der Waals surface area contributed by atoms with Gasteiger partial charge in [-0.1, -0.05) is 31.2 Å². The van der Waals surface area contributed by atoms with Crippen molar-refractivity contribution in [2.75, 3.05) is 6.54 Å². The lowest BCUT2D eigenvalue weighted by Crippen LogP contribution is -2.26. The van der Waals surface area contributed by atoms with Crippen LogP contribution in [0, 0.1) is 0 Å². The van der Waals surface area contributed by atoms with E-state index in [4.69, 9.17) is 5.73 Å². The summed E-state index contributed by atoms with van der Waals surface area (Å²) in [6.07, 6.45) is 2.20. The number of nitrogens with zero attached hydrogens (tertiary/aromatic N) is 1. The van der Waals surface area contributed by atoms with Crippen molar-refractivity contribution in [3.05, 3.63) is 35.4 Å². The number of fused-ring (bicyclic) bond motifs is 1. The van der Waals surface area contributed by atoms with E-state index in [1.54, 1.807) is 0 Å². The molecule has 0 radical (unpaired) electrons. The van der Waals surface area contributed by atoms with E-state index in [9.17, 15) is 0 Å². The highest BCUT2D eigenvalue weighted by Gasteiger charge is 2.17. The van der Waals surface area contributed by atoms with Crippen molar-refractivity contribution < 1.29 is 0 Å². The van der Waals surface area contributed by atoms with Gasteiger partial charge in [-0.3, -0.25) is 4.90 Å². The molecule has 1 heterocycles. The fourth-order valence-electron chi connectivity index (χ4n) is 2.11. The van der Waals surface area contributed by atoms with Gasteiger partial charge in [-0.25, -0.2) is 0 Å². The van der Waals surface area contributed by atoms with Gasteiger partial charge in [-0.2, -0.15) is 0 Å². The van der Waals surface area contributed by atoms with Gasteiger partial charge in [0.2, 0.25) is 0 Å². The van der Waals surface area contributed by atoms with Crippen molar-refractivity contribution in [2.24, 2.45) is 5.73 Å². The molecule has 82 valence electrons. The lowest BCUT2D eigenvalue weighted by Gasteiger charge is -2.17. The van der Waals surface area contributed by atoms with Crippen LogP contribution in [0.3, 0.4) is 0 Å². The molecule has 2 heteroatoms. The Morgan fingerprint density at radius 1 is 1.27 bits per heavy atom. The summed E-state index contributed by atoms with van der Waals surface area (Å²) in [5.74, 6) is 0. The highest BCUT2D eigenvalue weighted by atomic mass is 15.1. The normalized spacial score (nSPS) is 17.7. The minimum Gasteiger partial charge on any atom is -0.328 e. The van der Waals surface area contributed by atoms with Gasteiger partial charge in [0, 0.05) is 25.7 Å². The number of rotatable bonds is 4. The molecule has 1 unspecified atom stereocenters. The maximum atomic E-state index is 5.93. The minimum absolute atomic E-state index is 0.369. The first-order valence-electron chi connectivity index (χ1n) is 5.84. The summed E-state index contributed by atoms with van der Waals surface area (Å²) in [7, 11) is 0. The molecule has 0 aromatic heterocycles.